The van der Waals surface area contributed by atoms with E-state index in [1.165, 1.54) is 7.11 Å². The lowest BCUT2D eigenvalue weighted by Crippen LogP contribution is -2.14. The van der Waals surface area contributed by atoms with Gasteiger partial charge in [0, 0.05) is 10.9 Å². The van der Waals surface area contributed by atoms with Crippen LogP contribution in [0.4, 0.5) is 0 Å². The van der Waals surface area contributed by atoms with Gasteiger partial charge < -0.3 is 4.84 Å². The largest absolute Gasteiger partial charge is 0.398 e. The molecule has 0 amide bonds. The molecule has 0 N–H and O–H groups in total. The van der Waals surface area contributed by atoms with Crippen LogP contribution < -0.4 is 0 Å². The Morgan fingerprint density at radius 1 is 1.25 bits per heavy atom. The van der Waals surface area contributed by atoms with E-state index in [2.05, 4.69) is 19.0 Å². The van der Waals surface area contributed by atoms with E-state index in [-0.39, 0.29) is 5.92 Å². The summed E-state index contributed by atoms with van der Waals surface area (Å²) in [5, 5.41) is 4.97. The van der Waals surface area contributed by atoms with E-state index < -0.39 is 0 Å². The Bertz CT molecular complexity index is 360. The van der Waals surface area contributed by atoms with Crippen molar-refractivity contribution in [1.82, 2.24) is 0 Å². The van der Waals surface area contributed by atoms with Crippen molar-refractivity contribution >= 4 is 28.4 Å². The highest BCUT2D eigenvalue weighted by Crippen LogP contribution is 2.28. The molecule has 0 bridgehead atoms. The molecule has 0 fully saturated rings. The van der Waals surface area contributed by atoms with Crippen LogP contribution in [0.1, 0.15) is 25.3 Å². The summed E-state index contributed by atoms with van der Waals surface area (Å²) < 4.78 is 0. The van der Waals surface area contributed by atoms with Crippen LogP contribution in [0.3, 0.4) is 0 Å². The lowest BCUT2D eigenvalue weighted by Gasteiger charge is -2.19. The Balaban J connectivity index is 3.03. The summed E-state index contributed by atoms with van der Waals surface area (Å²) >= 11 is 12.0. The zero-order valence-electron chi connectivity index (χ0n) is 9.58. The van der Waals surface area contributed by atoms with Gasteiger partial charge >= 0.3 is 0 Å². The van der Waals surface area contributed by atoms with Gasteiger partial charge in [-0.15, -0.1) is 0 Å². The fraction of sp³-hybridized carbons (Fsp3) is 0.417. The molecular formula is C12H15Cl2NO. The highest BCUT2D eigenvalue weighted by atomic mass is 35.5. The average Bonchev–Trinajstić information content (AvgIpc) is 2.21. The van der Waals surface area contributed by atoms with Gasteiger partial charge in [-0.1, -0.05) is 54.3 Å². The van der Waals surface area contributed by atoms with E-state index in [0.717, 1.165) is 5.56 Å². The Kier molecular flexibility index (Phi) is 5.10. The van der Waals surface area contributed by atoms with Gasteiger partial charge in [-0.3, -0.25) is 0 Å². The smallest absolute Gasteiger partial charge is 0.153 e. The molecular weight excluding hydrogens is 245 g/mol. The van der Waals surface area contributed by atoms with Crippen LogP contribution >= 0.6 is 23.2 Å². The molecule has 0 heterocycles. The minimum Gasteiger partial charge on any atom is -0.398 e. The molecule has 88 valence electrons. The summed E-state index contributed by atoms with van der Waals surface area (Å²) in [5.74, 6) is 0.381. The van der Waals surface area contributed by atoms with Crippen molar-refractivity contribution in [1.29, 1.82) is 0 Å². The Morgan fingerprint density at radius 2 is 1.81 bits per heavy atom. The number of hydrogen-bond donors (Lipinski definition) is 0. The fourth-order valence-electron chi connectivity index (χ4n) is 1.61. The summed E-state index contributed by atoms with van der Waals surface area (Å²) in [6.45, 7) is 4.18. The lowest BCUT2D eigenvalue weighted by molar-refractivity contribution is 0.212. The molecule has 1 atom stereocenters. The van der Waals surface area contributed by atoms with Gasteiger partial charge in [0.25, 0.3) is 0 Å². The molecule has 0 aliphatic carbocycles. The Labute approximate surface area is 106 Å². The molecule has 16 heavy (non-hydrogen) atoms. The number of halogens is 2. The minimum absolute atomic E-state index is 0.0406. The van der Waals surface area contributed by atoms with Gasteiger partial charge in [0.15, 0.2) is 5.17 Å². The second-order valence-electron chi connectivity index (χ2n) is 3.87. The van der Waals surface area contributed by atoms with Crippen LogP contribution in [0.15, 0.2) is 29.4 Å². The van der Waals surface area contributed by atoms with E-state index >= 15 is 0 Å². The first-order valence-corrected chi connectivity index (χ1v) is 5.84. The zero-order valence-corrected chi connectivity index (χ0v) is 11.1. The summed E-state index contributed by atoms with van der Waals surface area (Å²) in [6, 6.07) is 7.62. The number of nitrogens with zero attached hydrogens (tertiary/aromatic N) is 1. The maximum atomic E-state index is 6.11. The standard InChI is InChI=1S/C12H15Cl2NO/c1-8(2)11(12(14)15-16-3)9-4-6-10(13)7-5-9/h4-8,11H,1-3H3. The van der Waals surface area contributed by atoms with Gasteiger partial charge in [0.1, 0.15) is 7.11 Å². The van der Waals surface area contributed by atoms with Crippen molar-refractivity contribution in [2.75, 3.05) is 7.11 Å². The normalized spacial score (nSPS) is 14.0. The topological polar surface area (TPSA) is 21.6 Å². The molecule has 1 aromatic rings. The van der Waals surface area contributed by atoms with Crippen molar-refractivity contribution in [2.45, 2.75) is 19.8 Å². The molecule has 0 radical (unpaired) electrons. The average molecular weight is 260 g/mol. The summed E-state index contributed by atoms with van der Waals surface area (Å²) in [4.78, 5) is 4.71. The van der Waals surface area contributed by atoms with E-state index in [9.17, 15) is 0 Å². The molecule has 0 saturated heterocycles. The second kappa shape index (κ2) is 6.12. The first kappa shape index (κ1) is 13.3. The van der Waals surface area contributed by atoms with E-state index in [0.29, 0.717) is 16.1 Å². The summed E-state index contributed by atoms with van der Waals surface area (Å²) in [5.41, 5.74) is 1.09. The van der Waals surface area contributed by atoms with Gasteiger partial charge in [-0.25, -0.2) is 0 Å². The number of oxime groups is 1. The van der Waals surface area contributed by atoms with E-state index in [4.69, 9.17) is 28.0 Å². The number of rotatable bonds is 4. The van der Waals surface area contributed by atoms with Crippen molar-refractivity contribution in [3.05, 3.63) is 34.9 Å². The second-order valence-corrected chi connectivity index (χ2v) is 4.69. The summed E-state index contributed by atoms with van der Waals surface area (Å²) in [6.07, 6.45) is 0. The predicted octanol–water partition coefficient (Wildman–Crippen LogP) is 4.28. The molecule has 0 spiro atoms. The maximum absolute atomic E-state index is 6.11. The van der Waals surface area contributed by atoms with Gasteiger partial charge in [0.2, 0.25) is 0 Å². The molecule has 0 saturated carbocycles. The van der Waals surface area contributed by atoms with Crippen molar-refractivity contribution in [2.24, 2.45) is 11.1 Å². The van der Waals surface area contributed by atoms with Crippen molar-refractivity contribution in [3.8, 4) is 0 Å². The molecule has 4 heteroatoms. The van der Waals surface area contributed by atoms with Crippen LogP contribution in [-0.2, 0) is 4.84 Å². The van der Waals surface area contributed by atoms with Crippen molar-refractivity contribution in [3.63, 3.8) is 0 Å². The fourth-order valence-corrected chi connectivity index (χ4v) is 2.18. The van der Waals surface area contributed by atoms with Crippen LogP contribution in [0, 0.1) is 5.92 Å². The van der Waals surface area contributed by atoms with Gasteiger partial charge in [-0.05, 0) is 23.6 Å². The first-order chi connectivity index (χ1) is 7.56. The molecule has 0 aromatic heterocycles. The molecule has 1 aromatic carbocycles. The first-order valence-electron chi connectivity index (χ1n) is 5.08. The molecule has 0 aliphatic rings. The molecule has 0 aliphatic heterocycles. The quantitative estimate of drug-likeness (QED) is 0.585. The van der Waals surface area contributed by atoms with E-state index in [1.807, 2.05) is 24.3 Å². The molecule has 1 unspecified atom stereocenters. The third-order valence-corrected chi connectivity index (χ3v) is 2.89. The third kappa shape index (κ3) is 3.39. The number of benzene rings is 1. The number of hydrogen-bond acceptors (Lipinski definition) is 2. The van der Waals surface area contributed by atoms with Crippen LogP contribution in [0.2, 0.25) is 5.02 Å². The molecule has 2 nitrogen and oxygen atoms in total. The molecule has 1 rings (SSSR count). The highest BCUT2D eigenvalue weighted by molar-refractivity contribution is 6.66. The van der Waals surface area contributed by atoms with Crippen LogP contribution in [0.5, 0.6) is 0 Å². The Morgan fingerprint density at radius 3 is 2.25 bits per heavy atom. The highest BCUT2D eigenvalue weighted by Gasteiger charge is 2.21. The predicted molar refractivity (Wildman–Crippen MR) is 69.3 cm³/mol. The maximum Gasteiger partial charge on any atom is 0.153 e. The zero-order chi connectivity index (χ0) is 12.1. The van der Waals surface area contributed by atoms with Crippen molar-refractivity contribution < 1.29 is 4.84 Å². The Hall–Kier alpha value is -0.730. The SMILES string of the molecule is CON=C(Cl)C(c1ccc(Cl)cc1)C(C)C. The minimum atomic E-state index is 0.0406. The van der Waals surface area contributed by atoms with E-state index in [1.54, 1.807) is 0 Å². The van der Waals surface area contributed by atoms with Gasteiger partial charge in [0.05, 0.1) is 0 Å². The monoisotopic (exact) mass is 259 g/mol. The van der Waals surface area contributed by atoms with Crippen LogP contribution in [0.25, 0.3) is 0 Å². The third-order valence-electron chi connectivity index (χ3n) is 2.33. The summed E-state index contributed by atoms with van der Waals surface area (Å²) in [7, 11) is 1.49. The lowest BCUT2D eigenvalue weighted by atomic mass is 9.89. The van der Waals surface area contributed by atoms with Crippen LogP contribution in [-0.4, -0.2) is 12.3 Å². The van der Waals surface area contributed by atoms with Gasteiger partial charge in [-0.2, -0.15) is 0 Å².